The second kappa shape index (κ2) is 7.47. The molecule has 0 N–H and O–H groups in total. The van der Waals surface area contributed by atoms with Crippen LogP contribution in [0.25, 0.3) is 6.08 Å². The van der Waals surface area contributed by atoms with Gasteiger partial charge in [0.05, 0.1) is 5.97 Å². The molecule has 1 fully saturated rings. The topological polar surface area (TPSA) is 69.7 Å². The predicted octanol–water partition coefficient (Wildman–Crippen LogP) is 0.841. The normalized spacial score (nSPS) is 15.1. The van der Waals surface area contributed by atoms with Crippen LogP contribution < -0.4 is 9.84 Å². The van der Waals surface area contributed by atoms with Gasteiger partial charge in [-0.1, -0.05) is 18.2 Å². The van der Waals surface area contributed by atoms with Gasteiger partial charge in [-0.3, -0.25) is 4.79 Å². The highest BCUT2D eigenvalue weighted by atomic mass is 16.5. The first-order valence-electron chi connectivity index (χ1n) is 7.05. The molecule has 0 radical (unpaired) electrons. The van der Waals surface area contributed by atoms with Gasteiger partial charge in [0.1, 0.15) is 5.75 Å². The lowest BCUT2D eigenvalue weighted by atomic mass is 10.1. The van der Waals surface area contributed by atoms with Crippen molar-refractivity contribution in [3.05, 3.63) is 35.9 Å². The highest BCUT2D eigenvalue weighted by Gasteiger charge is 2.16. The molecule has 0 saturated carbocycles. The van der Waals surface area contributed by atoms with Gasteiger partial charge in [0.25, 0.3) is 5.91 Å². The maximum atomic E-state index is 11.9. The number of rotatable bonds is 5. The number of benzene rings is 1. The number of carboxylic acid groups (broad SMARTS) is 1. The third kappa shape index (κ3) is 4.95. The summed E-state index contributed by atoms with van der Waals surface area (Å²) >= 11 is 0. The fraction of sp³-hybridized carbons (Fsp3) is 0.375. The van der Waals surface area contributed by atoms with Crippen LogP contribution in [0.1, 0.15) is 24.8 Å². The van der Waals surface area contributed by atoms with Crippen molar-refractivity contribution in [3.8, 4) is 5.75 Å². The zero-order valence-corrected chi connectivity index (χ0v) is 11.8. The first-order chi connectivity index (χ1) is 10.1. The van der Waals surface area contributed by atoms with E-state index in [0.29, 0.717) is 5.75 Å². The van der Waals surface area contributed by atoms with Crippen molar-refractivity contribution in [2.75, 3.05) is 19.7 Å². The van der Waals surface area contributed by atoms with Crippen LogP contribution in [0, 0.1) is 0 Å². The molecular weight excluding hydrogens is 270 g/mol. The minimum Gasteiger partial charge on any atom is -0.545 e. The van der Waals surface area contributed by atoms with Gasteiger partial charge >= 0.3 is 0 Å². The third-order valence-corrected chi connectivity index (χ3v) is 3.36. The molecule has 112 valence electrons. The average Bonchev–Trinajstić information content (AvgIpc) is 2.52. The molecule has 1 saturated heterocycles. The number of carboxylic acids is 1. The summed E-state index contributed by atoms with van der Waals surface area (Å²) in [5.74, 6) is -0.635. The maximum absolute atomic E-state index is 11.9. The molecule has 1 aromatic rings. The Kier molecular flexibility index (Phi) is 5.37. The summed E-state index contributed by atoms with van der Waals surface area (Å²) < 4.78 is 5.46. The minimum atomic E-state index is -1.23. The Morgan fingerprint density at radius 3 is 2.43 bits per heavy atom. The van der Waals surface area contributed by atoms with E-state index in [0.717, 1.165) is 37.6 Å². The second-order valence-electron chi connectivity index (χ2n) is 4.95. The minimum absolute atomic E-state index is 0.00984. The largest absolute Gasteiger partial charge is 0.545 e. The molecule has 1 aliphatic rings. The van der Waals surface area contributed by atoms with Gasteiger partial charge in [-0.2, -0.15) is 0 Å². The van der Waals surface area contributed by atoms with Crippen LogP contribution in [-0.2, 0) is 9.59 Å². The Balaban J connectivity index is 1.83. The molecule has 0 bridgehead atoms. The van der Waals surface area contributed by atoms with Crippen molar-refractivity contribution in [1.29, 1.82) is 0 Å². The summed E-state index contributed by atoms with van der Waals surface area (Å²) in [6.07, 6.45) is 5.72. The van der Waals surface area contributed by atoms with E-state index in [1.54, 1.807) is 24.3 Å². The number of aliphatic carboxylic acids is 1. The molecule has 0 aromatic heterocycles. The highest BCUT2D eigenvalue weighted by molar-refractivity contribution is 5.83. The summed E-state index contributed by atoms with van der Waals surface area (Å²) in [7, 11) is 0. The lowest BCUT2D eigenvalue weighted by Gasteiger charge is -2.26. The molecule has 0 unspecified atom stereocenters. The SMILES string of the molecule is O=C([O-])/C=C/c1ccc(OCC(=O)N2CCCCC2)cc1. The number of piperidine rings is 1. The Hall–Kier alpha value is -2.30. The monoisotopic (exact) mass is 288 g/mol. The summed E-state index contributed by atoms with van der Waals surface area (Å²) in [5.41, 5.74) is 0.730. The summed E-state index contributed by atoms with van der Waals surface area (Å²) in [5, 5.41) is 10.3. The molecule has 1 heterocycles. The smallest absolute Gasteiger partial charge is 0.260 e. The molecule has 1 aromatic carbocycles. The molecule has 1 amide bonds. The standard InChI is InChI=1S/C16H19NO4/c18-15(17-10-2-1-3-11-17)12-21-14-7-4-13(5-8-14)6-9-16(19)20/h4-9H,1-3,10-12H2,(H,19,20)/p-1/b9-6+. The second-order valence-corrected chi connectivity index (χ2v) is 4.95. The molecule has 2 rings (SSSR count). The number of amides is 1. The van der Waals surface area contributed by atoms with E-state index in [1.807, 2.05) is 4.90 Å². The van der Waals surface area contributed by atoms with Crippen molar-refractivity contribution in [1.82, 2.24) is 4.90 Å². The van der Waals surface area contributed by atoms with E-state index < -0.39 is 5.97 Å². The average molecular weight is 288 g/mol. The van der Waals surface area contributed by atoms with Crippen LogP contribution >= 0.6 is 0 Å². The molecule has 5 nitrogen and oxygen atoms in total. The number of carbonyl (C=O) groups is 2. The van der Waals surface area contributed by atoms with Crippen molar-refractivity contribution in [3.63, 3.8) is 0 Å². The maximum Gasteiger partial charge on any atom is 0.260 e. The Labute approximate surface area is 123 Å². The molecular formula is C16H18NO4-. The zero-order chi connectivity index (χ0) is 15.1. The number of hydrogen-bond donors (Lipinski definition) is 0. The quantitative estimate of drug-likeness (QED) is 0.753. The van der Waals surface area contributed by atoms with E-state index in [-0.39, 0.29) is 12.5 Å². The molecule has 1 aliphatic heterocycles. The van der Waals surface area contributed by atoms with Crippen LogP contribution in [0.15, 0.2) is 30.3 Å². The van der Waals surface area contributed by atoms with Gasteiger partial charge in [0.2, 0.25) is 0 Å². The van der Waals surface area contributed by atoms with Crippen LogP contribution in [0.5, 0.6) is 5.75 Å². The van der Waals surface area contributed by atoms with E-state index in [1.165, 1.54) is 12.5 Å². The Morgan fingerprint density at radius 1 is 1.14 bits per heavy atom. The van der Waals surface area contributed by atoms with Gasteiger partial charge in [-0.15, -0.1) is 0 Å². The zero-order valence-electron chi connectivity index (χ0n) is 11.8. The number of likely N-dealkylation sites (tertiary alicyclic amines) is 1. The number of nitrogens with zero attached hydrogens (tertiary/aromatic N) is 1. The first-order valence-corrected chi connectivity index (χ1v) is 7.05. The van der Waals surface area contributed by atoms with Gasteiger partial charge in [0.15, 0.2) is 6.61 Å². The van der Waals surface area contributed by atoms with Gasteiger partial charge < -0.3 is 19.5 Å². The van der Waals surface area contributed by atoms with Crippen molar-refractivity contribution in [2.45, 2.75) is 19.3 Å². The van der Waals surface area contributed by atoms with E-state index >= 15 is 0 Å². The highest BCUT2D eigenvalue weighted by Crippen LogP contribution is 2.14. The van der Waals surface area contributed by atoms with Crippen molar-refractivity contribution < 1.29 is 19.4 Å². The first kappa shape index (κ1) is 15.1. The third-order valence-electron chi connectivity index (χ3n) is 3.36. The molecule has 0 spiro atoms. The molecule has 0 atom stereocenters. The summed E-state index contributed by atoms with van der Waals surface area (Å²) in [6, 6.07) is 6.86. The van der Waals surface area contributed by atoms with Crippen molar-refractivity contribution in [2.24, 2.45) is 0 Å². The van der Waals surface area contributed by atoms with Crippen LogP contribution in [0.2, 0.25) is 0 Å². The molecule has 0 aliphatic carbocycles. The fourth-order valence-electron chi connectivity index (χ4n) is 2.22. The van der Waals surface area contributed by atoms with Crippen LogP contribution in [0.4, 0.5) is 0 Å². The Bertz CT molecular complexity index is 516. The van der Waals surface area contributed by atoms with Gasteiger partial charge in [0, 0.05) is 13.1 Å². The van der Waals surface area contributed by atoms with E-state index in [9.17, 15) is 14.7 Å². The van der Waals surface area contributed by atoms with Crippen LogP contribution in [-0.4, -0.2) is 36.5 Å². The number of hydrogen-bond acceptors (Lipinski definition) is 4. The predicted molar refractivity (Wildman–Crippen MR) is 76.4 cm³/mol. The van der Waals surface area contributed by atoms with E-state index in [4.69, 9.17) is 4.74 Å². The lowest BCUT2D eigenvalue weighted by Crippen LogP contribution is -2.38. The van der Waals surface area contributed by atoms with Crippen LogP contribution in [0.3, 0.4) is 0 Å². The van der Waals surface area contributed by atoms with Gasteiger partial charge in [-0.25, -0.2) is 0 Å². The Morgan fingerprint density at radius 2 is 1.81 bits per heavy atom. The molecule has 5 heteroatoms. The summed E-state index contributed by atoms with van der Waals surface area (Å²) in [6.45, 7) is 1.67. The lowest BCUT2D eigenvalue weighted by molar-refractivity contribution is -0.297. The number of ether oxygens (including phenoxy) is 1. The van der Waals surface area contributed by atoms with Gasteiger partial charge in [-0.05, 0) is 43.0 Å². The van der Waals surface area contributed by atoms with Crippen molar-refractivity contribution >= 4 is 18.0 Å². The molecule has 21 heavy (non-hydrogen) atoms. The number of carbonyl (C=O) groups excluding carboxylic acids is 2. The fourth-order valence-corrected chi connectivity index (χ4v) is 2.22. The van der Waals surface area contributed by atoms with E-state index in [2.05, 4.69) is 0 Å². The summed E-state index contributed by atoms with van der Waals surface area (Å²) in [4.78, 5) is 24.1.